The van der Waals surface area contributed by atoms with Crippen molar-refractivity contribution >= 4 is 105 Å². The molecule has 0 aromatic heterocycles. The van der Waals surface area contributed by atoms with Crippen LogP contribution in [0.5, 0.6) is 0 Å². The number of rotatable bonds is 38. The molecule has 16 atom stereocenters. The van der Waals surface area contributed by atoms with Gasteiger partial charge in [-0.2, -0.15) is 0 Å². The smallest absolute Gasteiger partial charge is 0.111 e. The van der Waals surface area contributed by atoms with Gasteiger partial charge in [-0.1, -0.05) is 254 Å². The van der Waals surface area contributed by atoms with Crippen molar-refractivity contribution in [3.8, 4) is 0 Å². The minimum Gasteiger partial charge on any atom is -0.358 e. The maximum absolute atomic E-state index is 6.11. The second kappa shape index (κ2) is 52.7. The lowest BCUT2D eigenvalue weighted by Gasteiger charge is -2.23. The Morgan fingerprint density at radius 1 is 0.435 bits per heavy atom. The topological polar surface area (TPSA) is 55.4 Å². The third kappa shape index (κ3) is 44.8. The molecule has 0 radical (unpaired) electrons. The Labute approximate surface area is 405 Å². The zero-order chi connectivity index (χ0) is 46.3. The van der Waals surface area contributed by atoms with E-state index in [1.54, 1.807) is 0 Å². The molecule has 0 aliphatic carbocycles. The van der Waals surface area contributed by atoms with Gasteiger partial charge in [0.15, 0.2) is 0 Å². The van der Waals surface area contributed by atoms with Crippen LogP contribution in [-0.2, 0) is 27.1 Å². The molecule has 6 nitrogen and oxygen atoms in total. The van der Waals surface area contributed by atoms with E-state index in [2.05, 4.69) is 185 Å². The van der Waals surface area contributed by atoms with Crippen molar-refractivity contribution in [3.63, 3.8) is 0 Å². The SMILES string of the molecule is CC/C=C\C/C=C\C=C\C(OP(P)P)C(/C=C/C=C\C(CCCCCC)OP)OPP.CCC=CCC=CC=CC(OP(P)P)C(C=CC=CC(CCCCCC)OP)OPP. The van der Waals surface area contributed by atoms with Crippen LogP contribution in [0, 0.1) is 0 Å². The summed E-state index contributed by atoms with van der Waals surface area (Å²) in [5.41, 5.74) is 0. The summed E-state index contributed by atoms with van der Waals surface area (Å²) in [5, 5.41) is 0. The molecule has 0 rings (SSSR count). The molecule has 0 fully saturated rings. The largest absolute Gasteiger partial charge is 0.358 e. The zero-order valence-electron chi connectivity index (χ0n) is 37.9. The lowest BCUT2D eigenvalue weighted by molar-refractivity contribution is 0.147. The molecule has 0 N–H and O–H groups in total. The van der Waals surface area contributed by atoms with Gasteiger partial charge in [0.25, 0.3) is 0 Å². The van der Waals surface area contributed by atoms with Gasteiger partial charge in [0, 0.05) is 35.9 Å². The van der Waals surface area contributed by atoms with Gasteiger partial charge >= 0.3 is 0 Å². The summed E-state index contributed by atoms with van der Waals surface area (Å²) >= 11 is 0. The Balaban J connectivity index is 0. The van der Waals surface area contributed by atoms with Crippen LogP contribution in [0.1, 0.15) is 118 Å². The van der Waals surface area contributed by atoms with Gasteiger partial charge in [-0.3, -0.25) is 0 Å². The van der Waals surface area contributed by atoms with Gasteiger partial charge in [-0.15, -0.1) is 0 Å². The Morgan fingerprint density at radius 2 is 0.790 bits per heavy atom. The van der Waals surface area contributed by atoms with Crippen LogP contribution in [0.15, 0.2) is 122 Å². The Bertz CT molecular complexity index is 1190. The minimum absolute atomic E-state index is 0.125. The second-order valence-corrected chi connectivity index (χ2v) is 28.2. The maximum atomic E-state index is 6.11. The molecule has 0 aliphatic heterocycles. The normalized spacial score (nSPS) is 16.5. The van der Waals surface area contributed by atoms with Crippen LogP contribution in [-0.4, -0.2) is 36.6 Å². The van der Waals surface area contributed by atoms with Crippen molar-refractivity contribution in [1.82, 2.24) is 0 Å². The first-order valence-electron chi connectivity index (χ1n) is 21.7. The molecule has 0 aromatic rings. The van der Waals surface area contributed by atoms with E-state index in [0.29, 0.717) is 17.0 Å². The molecule has 0 heterocycles. The lowest BCUT2D eigenvalue weighted by Crippen LogP contribution is -2.23. The number of unbranched alkanes of at least 4 members (excludes halogenated alkanes) is 6. The van der Waals surface area contributed by atoms with Crippen molar-refractivity contribution in [2.75, 3.05) is 0 Å². The van der Waals surface area contributed by atoms with E-state index < -0.39 is 15.1 Å². The van der Waals surface area contributed by atoms with Crippen molar-refractivity contribution in [3.05, 3.63) is 122 Å². The Hall–Kier alpha value is 2.32. The molecule has 0 aromatic carbocycles. The molecule has 0 bridgehead atoms. The number of allylic oxidation sites excluding steroid dienone is 14. The molecule has 0 aliphatic rings. The minimum atomic E-state index is -0.669. The molecule has 18 heteroatoms. The van der Waals surface area contributed by atoms with E-state index in [9.17, 15) is 0 Å². The van der Waals surface area contributed by atoms with E-state index in [0.717, 1.165) is 38.5 Å². The van der Waals surface area contributed by atoms with Gasteiger partial charge in [0.2, 0.25) is 0 Å². The Morgan fingerprint density at radius 3 is 1.11 bits per heavy atom. The van der Waals surface area contributed by atoms with Crippen LogP contribution >= 0.6 is 105 Å². The fourth-order valence-electron chi connectivity index (χ4n) is 5.31. The molecule has 62 heavy (non-hydrogen) atoms. The molecule has 0 saturated heterocycles. The summed E-state index contributed by atoms with van der Waals surface area (Å²) in [6.45, 7) is 8.74. The molecule has 0 amide bonds. The number of hydrogen-bond acceptors (Lipinski definition) is 6. The van der Waals surface area contributed by atoms with Crippen LogP contribution in [0.25, 0.3) is 0 Å². The van der Waals surface area contributed by atoms with Gasteiger partial charge < -0.3 is 27.1 Å². The predicted molar refractivity (Wildman–Crippen MR) is 316 cm³/mol. The highest BCUT2D eigenvalue weighted by Gasteiger charge is 2.20. The Kier molecular flexibility index (Phi) is 56.4. The molecular formula is C44H84O6P12. The summed E-state index contributed by atoms with van der Waals surface area (Å²) in [6.07, 6.45) is 57.5. The van der Waals surface area contributed by atoms with E-state index in [1.165, 1.54) is 51.4 Å². The maximum Gasteiger partial charge on any atom is 0.111 e. The molecule has 0 saturated carbocycles. The molecular weight excluding hydrogens is 996 g/mol. The average Bonchev–Trinajstić information content (AvgIpc) is 3.25. The summed E-state index contributed by atoms with van der Waals surface area (Å²) < 4.78 is 35.1. The number of hydrogen-bond donors (Lipinski definition) is 0. The summed E-state index contributed by atoms with van der Waals surface area (Å²) in [6, 6.07) is 0. The fourth-order valence-corrected chi connectivity index (χ4v) is 10.1. The quantitative estimate of drug-likeness (QED) is 0.0266. The summed E-state index contributed by atoms with van der Waals surface area (Å²) in [4.78, 5) is 0. The lowest BCUT2D eigenvalue weighted by atomic mass is 10.1. The first-order chi connectivity index (χ1) is 30.2. The predicted octanol–water partition coefficient (Wildman–Crippen LogP) is 17.7. The van der Waals surface area contributed by atoms with Gasteiger partial charge in [-0.05, 0) is 38.5 Å². The van der Waals surface area contributed by atoms with Crippen LogP contribution < -0.4 is 0 Å². The van der Waals surface area contributed by atoms with Crippen LogP contribution in [0.2, 0.25) is 0 Å². The van der Waals surface area contributed by atoms with Crippen molar-refractivity contribution in [2.24, 2.45) is 0 Å². The monoisotopic (exact) mass is 1080 g/mol. The molecule has 16 unspecified atom stereocenters. The third-order valence-corrected chi connectivity index (χ3v) is 13.3. The van der Waals surface area contributed by atoms with E-state index in [-0.39, 0.29) is 36.6 Å². The average molecular weight is 1080 g/mol. The van der Waals surface area contributed by atoms with Gasteiger partial charge in [0.1, 0.15) is 24.4 Å². The van der Waals surface area contributed by atoms with Crippen molar-refractivity contribution in [2.45, 2.75) is 154 Å². The van der Waals surface area contributed by atoms with Crippen LogP contribution in [0.4, 0.5) is 0 Å². The van der Waals surface area contributed by atoms with Crippen molar-refractivity contribution in [1.29, 1.82) is 0 Å². The van der Waals surface area contributed by atoms with Gasteiger partial charge in [-0.25, -0.2) is 0 Å². The first kappa shape index (κ1) is 66.4. The second-order valence-electron chi connectivity index (χ2n) is 13.7. The van der Waals surface area contributed by atoms with Crippen molar-refractivity contribution < 1.29 is 27.1 Å². The fraction of sp³-hybridized carbons (Fsp3) is 0.545. The highest BCUT2D eigenvalue weighted by molar-refractivity contribution is 8.41. The summed E-state index contributed by atoms with van der Waals surface area (Å²) in [7, 11) is 20.2. The highest BCUT2D eigenvalue weighted by Crippen LogP contribution is 2.56. The van der Waals surface area contributed by atoms with E-state index in [4.69, 9.17) is 27.1 Å². The summed E-state index contributed by atoms with van der Waals surface area (Å²) in [5.74, 6) is 0. The van der Waals surface area contributed by atoms with Gasteiger partial charge in [0.05, 0.1) is 27.3 Å². The highest BCUT2D eigenvalue weighted by atomic mass is 32.4. The van der Waals surface area contributed by atoms with Crippen LogP contribution in [0.3, 0.4) is 0 Å². The van der Waals surface area contributed by atoms with E-state index >= 15 is 0 Å². The molecule has 356 valence electrons. The zero-order valence-corrected chi connectivity index (χ0v) is 50.9. The molecule has 0 spiro atoms. The van der Waals surface area contributed by atoms with E-state index in [1.807, 2.05) is 36.5 Å². The third-order valence-electron chi connectivity index (χ3n) is 8.50. The standard InChI is InChI=1S/2C22H42O3P6/c2*1-3-5-7-9-10-11-13-19-22(25-31(28)29)21(24-30-27)18-15-14-17-20(23-26)16-12-8-6-4-2/h2*5,7,10-11,13-15,17-22,30H,3-4,6,8-9,12,16,26-29H2,1-2H3/b7-5-,11-10-,17-14-,18-15+,19-13+;. The first-order valence-corrected chi connectivity index (χ1v) is 37.1.